The zero-order valence-electron chi connectivity index (χ0n) is 14.1. The summed E-state index contributed by atoms with van der Waals surface area (Å²) in [5.41, 5.74) is 3.29. The second-order valence-electron chi connectivity index (χ2n) is 5.94. The molecule has 0 fully saturated rings. The van der Waals surface area contributed by atoms with Crippen LogP contribution in [0.4, 0.5) is 0 Å². The third-order valence-electron chi connectivity index (χ3n) is 3.78. The maximum atomic E-state index is 12.5. The Balaban J connectivity index is 1.88. The van der Waals surface area contributed by atoms with E-state index in [-0.39, 0.29) is 23.9 Å². The molecule has 1 aromatic heterocycles. The van der Waals surface area contributed by atoms with Gasteiger partial charge in [-0.2, -0.15) is 5.10 Å². The fourth-order valence-electron chi connectivity index (χ4n) is 2.53. The fraction of sp³-hybridized carbons (Fsp3) is 0.211. The molecule has 0 atom stereocenters. The van der Waals surface area contributed by atoms with Crippen LogP contribution in [0.5, 0.6) is 0 Å². The first-order valence-corrected chi connectivity index (χ1v) is 8.05. The van der Waals surface area contributed by atoms with Gasteiger partial charge in [-0.3, -0.25) is 14.4 Å². The zero-order chi connectivity index (χ0) is 17.8. The van der Waals surface area contributed by atoms with Crippen molar-refractivity contribution in [3.05, 3.63) is 76.2 Å². The quantitative estimate of drug-likeness (QED) is 0.727. The first-order valence-electron chi connectivity index (χ1n) is 8.05. The lowest BCUT2D eigenvalue weighted by Gasteiger charge is -2.13. The Morgan fingerprint density at radius 1 is 1.08 bits per heavy atom. The topological polar surface area (TPSA) is 73.2 Å². The summed E-state index contributed by atoms with van der Waals surface area (Å²) in [5.74, 6) is -0.485. The fourth-order valence-corrected chi connectivity index (χ4v) is 2.53. The Morgan fingerprint density at radius 2 is 1.72 bits per heavy atom. The molecule has 6 heteroatoms. The van der Waals surface area contributed by atoms with Gasteiger partial charge in [0.2, 0.25) is 0 Å². The lowest BCUT2D eigenvalue weighted by Crippen LogP contribution is -2.31. The van der Waals surface area contributed by atoms with Crippen molar-refractivity contribution in [2.24, 2.45) is 0 Å². The number of carbonyl (C=O) groups excluding carboxylic acids is 1. The third kappa shape index (κ3) is 3.59. The number of aromatic nitrogens is 2. The van der Waals surface area contributed by atoms with Gasteiger partial charge in [0, 0.05) is 5.39 Å². The highest BCUT2D eigenvalue weighted by atomic mass is 16.6. The molecule has 3 rings (SSSR count). The van der Waals surface area contributed by atoms with E-state index in [4.69, 9.17) is 4.84 Å². The Bertz CT molecular complexity index is 949. The number of rotatable bonds is 5. The van der Waals surface area contributed by atoms with Gasteiger partial charge >= 0.3 is 0 Å². The molecule has 0 saturated carbocycles. The zero-order valence-corrected chi connectivity index (χ0v) is 14.1. The Morgan fingerprint density at radius 3 is 2.40 bits per heavy atom. The van der Waals surface area contributed by atoms with E-state index in [0.717, 1.165) is 5.56 Å². The second kappa shape index (κ2) is 7.27. The third-order valence-corrected chi connectivity index (χ3v) is 3.78. The SMILES string of the molecule is CC(C)n1nc(C(=O)NOCc2ccccc2)c2ccccc2c1=O. The van der Waals surface area contributed by atoms with Crippen LogP contribution in [0.1, 0.15) is 35.9 Å². The van der Waals surface area contributed by atoms with Crippen molar-refractivity contribution < 1.29 is 9.63 Å². The minimum absolute atomic E-state index is 0.158. The van der Waals surface area contributed by atoms with Gasteiger partial charge in [0.15, 0.2) is 5.69 Å². The van der Waals surface area contributed by atoms with Crippen molar-refractivity contribution in [2.75, 3.05) is 0 Å². The second-order valence-corrected chi connectivity index (χ2v) is 5.94. The molecule has 1 amide bonds. The van der Waals surface area contributed by atoms with Crippen molar-refractivity contribution in [3.63, 3.8) is 0 Å². The van der Waals surface area contributed by atoms with E-state index in [1.165, 1.54) is 4.68 Å². The normalized spacial score (nSPS) is 11.0. The molecular weight excluding hydrogens is 318 g/mol. The van der Waals surface area contributed by atoms with Crippen molar-refractivity contribution in [1.82, 2.24) is 15.3 Å². The molecule has 128 valence electrons. The summed E-state index contributed by atoms with van der Waals surface area (Å²) in [6, 6.07) is 16.3. The molecule has 1 heterocycles. The summed E-state index contributed by atoms with van der Waals surface area (Å²) in [4.78, 5) is 30.3. The molecule has 0 saturated heterocycles. The molecule has 0 unspecified atom stereocenters. The van der Waals surface area contributed by atoms with E-state index in [0.29, 0.717) is 10.8 Å². The van der Waals surface area contributed by atoms with Gasteiger partial charge in [-0.05, 0) is 25.5 Å². The summed E-state index contributed by atoms with van der Waals surface area (Å²) >= 11 is 0. The van der Waals surface area contributed by atoms with Crippen molar-refractivity contribution >= 4 is 16.7 Å². The predicted octanol–water partition coefficient (Wildman–Crippen LogP) is 2.84. The number of amides is 1. The summed E-state index contributed by atoms with van der Waals surface area (Å²) < 4.78 is 1.31. The summed E-state index contributed by atoms with van der Waals surface area (Å²) in [5, 5.41) is 5.20. The molecule has 25 heavy (non-hydrogen) atoms. The number of hydrogen-bond acceptors (Lipinski definition) is 4. The molecule has 0 spiro atoms. The molecule has 1 N–H and O–H groups in total. The van der Waals surface area contributed by atoms with Gasteiger partial charge in [0.25, 0.3) is 11.5 Å². The molecule has 6 nitrogen and oxygen atoms in total. The van der Waals surface area contributed by atoms with E-state index in [9.17, 15) is 9.59 Å². The molecule has 0 aliphatic rings. The first kappa shape index (κ1) is 16.9. The van der Waals surface area contributed by atoms with Crippen LogP contribution in [0.15, 0.2) is 59.4 Å². The van der Waals surface area contributed by atoms with E-state index < -0.39 is 5.91 Å². The van der Waals surface area contributed by atoms with Gasteiger partial charge < -0.3 is 0 Å². The van der Waals surface area contributed by atoms with E-state index in [2.05, 4.69) is 10.6 Å². The number of nitrogens with one attached hydrogen (secondary N) is 1. The molecule has 0 bridgehead atoms. The summed E-state index contributed by atoms with van der Waals surface area (Å²) in [7, 11) is 0. The average molecular weight is 337 g/mol. The van der Waals surface area contributed by atoms with Crippen molar-refractivity contribution in [3.8, 4) is 0 Å². The minimum atomic E-state index is -0.485. The Hall–Kier alpha value is -2.99. The number of nitrogens with zero attached hydrogens (tertiary/aromatic N) is 2. The van der Waals surface area contributed by atoms with E-state index in [1.54, 1.807) is 24.3 Å². The van der Waals surface area contributed by atoms with Crippen LogP contribution in [0.25, 0.3) is 10.8 Å². The molecule has 2 aromatic carbocycles. The summed E-state index contributed by atoms with van der Waals surface area (Å²) in [6.45, 7) is 3.93. The van der Waals surface area contributed by atoms with Gasteiger partial charge in [-0.1, -0.05) is 48.5 Å². The van der Waals surface area contributed by atoms with E-state index in [1.807, 2.05) is 44.2 Å². The first-order chi connectivity index (χ1) is 12.1. The monoisotopic (exact) mass is 337 g/mol. The highest BCUT2D eigenvalue weighted by Gasteiger charge is 2.17. The smallest absolute Gasteiger partial charge is 0.269 e. The highest BCUT2D eigenvalue weighted by molar-refractivity contribution is 6.04. The number of fused-ring (bicyclic) bond motifs is 1. The van der Waals surface area contributed by atoms with Gasteiger partial charge in [0.1, 0.15) is 0 Å². The van der Waals surface area contributed by atoms with Crippen LogP contribution in [-0.4, -0.2) is 15.7 Å². The van der Waals surface area contributed by atoms with Crippen LogP contribution in [0.2, 0.25) is 0 Å². The highest BCUT2D eigenvalue weighted by Crippen LogP contribution is 2.14. The van der Waals surface area contributed by atoms with Crippen molar-refractivity contribution in [1.29, 1.82) is 0 Å². The van der Waals surface area contributed by atoms with Crippen LogP contribution >= 0.6 is 0 Å². The number of hydroxylamine groups is 1. The maximum Gasteiger partial charge on any atom is 0.295 e. The average Bonchev–Trinajstić information content (AvgIpc) is 2.62. The standard InChI is InChI=1S/C19H19N3O3/c1-13(2)22-19(24)16-11-7-6-10-15(16)17(20-22)18(23)21-25-12-14-8-4-3-5-9-14/h3-11,13H,12H2,1-2H3,(H,21,23). The molecule has 3 aromatic rings. The molecule has 0 aliphatic heterocycles. The van der Waals surface area contributed by atoms with E-state index >= 15 is 0 Å². The van der Waals surface area contributed by atoms with Gasteiger partial charge in [-0.15, -0.1) is 0 Å². The number of carbonyl (C=O) groups is 1. The predicted molar refractivity (Wildman–Crippen MR) is 95.1 cm³/mol. The molecule has 0 aliphatic carbocycles. The largest absolute Gasteiger partial charge is 0.295 e. The number of benzene rings is 2. The lowest BCUT2D eigenvalue weighted by molar-refractivity contribution is 0.0229. The lowest BCUT2D eigenvalue weighted by atomic mass is 10.1. The van der Waals surface area contributed by atoms with Gasteiger partial charge in [0.05, 0.1) is 18.0 Å². The number of hydrogen-bond donors (Lipinski definition) is 1. The maximum absolute atomic E-state index is 12.5. The Kier molecular flexibility index (Phi) is 4.90. The molecule has 0 radical (unpaired) electrons. The van der Waals surface area contributed by atoms with Crippen LogP contribution in [0, 0.1) is 0 Å². The van der Waals surface area contributed by atoms with Crippen LogP contribution in [-0.2, 0) is 11.4 Å². The van der Waals surface area contributed by atoms with Crippen molar-refractivity contribution in [2.45, 2.75) is 26.5 Å². The van der Waals surface area contributed by atoms with Crippen LogP contribution < -0.4 is 11.0 Å². The molecular formula is C19H19N3O3. The van der Waals surface area contributed by atoms with Gasteiger partial charge in [-0.25, -0.2) is 10.2 Å². The minimum Gasteiger partial charge on any atom is -0.269 e. The summed E-state index contributed by atoms with van der Waals surface area (Å²) in [6.07, 6.45) is 0. The van der Waals surface area contributed by atoms with Crippen LogP contribution in [0.3, 0.4) is 0 Å². The Labute approximate surface area is 145 Å².